The number of rotatable bonds is 6. The number of amides is 2. The third-order valence-electron chi connectivity index (χ3n) is 4.06. The van der Waals surface area contributed by atoms with Crippen molar-refractivity contribution in [1.29, 1.82) is 0 Å². The number of hydrogen-bond acceptors (Lipinski definition) is 6. The lowest BCUT2D eigenvalue weighted by Crippen LogP contribution is -2.46. The number of fused-ring (bicyclic) bond motifs is 1. The van der Waals surface area contributed by atoms with E-state index in [1.54, 1.807) is 24.7 Å². The Labute approximate surface area is 163 Å². The number of ether oxygens (including phenoxy) is 1. The predicted octanol–water partition coefficient (Wildman–Crippen LogP) is 1.88. The smallest absolute Gasteiger partial charge is 0.405 e. The molecule has 0 aliphatic heterocycles. The summed E-state index contributed by atoms with van der Waals surface area (Å²) in [6, 6.07) is 6.26. The fourth-order valence-corrected chi connectivity index (χ4v) is 3.37. The van der Waals surface area contributed by atoms with Crippen LogP contribution in [0.15, 0.2) is 40.6 Å². The highest BCUT2D eigenvalue weighted by Crippen LogP contribution is 2.27. The summed E-state index contributed by atoms with van der Waals surface area (Å²) in [6.45, 7) is -0.107. The van der Waals surface area contributed by atoms with Crippen molar-refractivity contribution >= 4 is 39.2 Å². The molecule has 2 amide bonds. The van der Waals surface area contributed by atoms with Crippen molar-refractivity contribution in [3.8, 4) is 11.3 Å². The minimum atomic E-state index is -1.32. The molecule has 146 valence electrons. The van der Waals surface area contributed by atoms with Crippen molar-refractivity contribution in [3.63, 3.8) is 0 Å². The normalized spacial score (nSPS) is 11.9. The molecule has 9 nitrogen and oxygen atoms in total. The second kappa shape index (κ2) is 8.19. The summed E-state index contributed by atoms with van der Waals surface area (Å²) in [5.74, 6) is -0.572. The number of thiazole rings is 1. The predicted molar refractivity (Wildman–Crippen MR) is 106 cm³/mol. The van der Waals surface area contributed by atoms with E-state index in [1.807, 2.05) is 18.2 Å². The summed E-state index contributed by atoms with van der Waals surface area (Å²) < 4.78 is 6.37. The van der Waals surface area contributed by atoms with Crippen molar-refractivity contribution in [1.82, 2.24) is 14.9 Å². The summed E-state index contributed by atoms with van der Waals surface area (Å²) >= 11 is 1.20. The molecule has 1 aromatic carbocycles. The molecule has 1 unspecified atom stereocenters. The maximum Gasteiger partial charge on any atom is 0.405 e. The van der Waals surface area contributed by atoms with E-state index >= 15 is 0 Å². The average Bonchev–Trinajstić information content (AvgIpc) is 3.12. The Balaban J connectivity index is 1.83. The van der Waals surface area contributed by atoms with Gasteiger partial charge in [-0.05, 0) is 17.5 Å². The van der Waals surface area contributed by atoms with Gasteiger partial charge < -0.3 is 25.0 Å². The van der Waals surface area contributed by atoms with Crippen LogP contribution in [-0.4, -0.2) is 46.4 Å². The van der Waals surface area contributed by atoms with E-state index in [2.05, 4.69) is 15.6 Å². The van der Waals surface area contributed by atoms with Crippen LogP contribution in [0.3, 0.4) is 0 Å². The Bertz CT molecular complexity index is 1090. The van der Waals surface area contributed by atoms with Gasteiger partial charge in [0.2, 0.25) is 0 Å². The molecule has 3 rings (SSSR count). The molecular weight excluding hydrogens is 384 g/mol. The standard InChI is InChI=1S/C18H18N4O5S/c1-22-6-5-10-3-4-11(7-12(10)16(22)24)14-9-28-17(19-14)21-15(23)13(8-27-2)20-18(25)26/h3-7,9,13,20H,8H2,1-2H3,(H,25,26)(H,19,21,23). The van der Waals surface area contributed by atoms with Crippen LogP contribution in [0.5, 0.6) is 0 Å². The van der Waals surface area contributed by atoms with Crippen LogP contribution in [-0.2, 0) is 16.6 Å². The van der Waals surface area contributed by atoms with Gasteiger partial charge in [0.05, 0.1) is 12.3 Å². The summed E-state index contributed by atoms with van der Waals surface area (Å²) in [7, 11) is 3.06. The Morgan fingerprint density at radius 1 is 1.36 bits per heavy atom. The Morgan fingerprint density at radius 3 is 2.86 bits per heavy atom. The fraction of sp³-hybridized carbons (Fsp3) is 0.222. The molecule has 0 saturated carbocycles. The van der Waals surface area contributed by atoms with Crippen molar-refractivity contribution in [2.24, 2.45) is 7.05 Å². The number of carboxylic acid groups (broad SMARTS) is 1. The van der Waals surface area contributed by atoms with Crippen LogP contribution >= 0.6 is 11.3 Å². The third kappa shape index (κ3) is 4.18. The first-order chi connectivity index (χ1) is 13.4. The van der Waals surface area contributed by atoms with Crippen LogP contribution in [0.1, 0.15) is 0 Å². The van der Waals surface area contributed by atoms with Gasteiger partial charge in [-0.1, -0.05) is 12.1 Å². The first-order valence-electron chi connectivity index (χ1n) is 8.23. The van der Waals surface area contributed by atoms with Gasteiger partial charge in [0, 0.05) is 36.7 Å². The molecule has 0 fully saturated rings. The summed E-state index contributed by atoms with van der Waals surface area (Å²) in [5.41, 5.74) is 1.23. The van der Waals surface area contributed by atoms with Gasteiger partial charge in [-0.3, -0.25) is 9.59 Å². The second-order valence-corrected chi connectivity index (χ2v) is 6.88. The number of carbonyl (C=O) groups is 2. The van der Waals surface area contributed by atoms with Gasteiger partial charge in [0.15, 0.2) is 5.13 Å². The fourth-order valence-electron chi connectivity index (χ4n) is 2.65. The number of pyridine rings is 1. The lowest BCUT2D eigenvalue weighted by molar-refractivity contribution is -0.119. The molecule has 0 radical (unpaired) electrons. The van der Waals surface area contributed by atoms with E-state index in [9.17, 15) is 14.4 Å². The number of anilines is 1. The van der Waals surface area contributed by atoms with E-state index in [-0.39, 0.29) is 12.2 Å². The molecule has 2 aromatic heterocycles. The van der Waals surface area contributed by atoms with Gasteiger partial charge in [0.1, 0.15) is 6.04 Å². The maximum absolute atomic E-state index is 12.3. The highest BCUT2D eigenvalue weighted by atomic mass is 32.1. The Hall–Kier alpha value is -3.24. The minimum absolute atomic E-state index is 0.106. The third-order valence-corrected chi connectivity index (χ3v) is 4.82. The van der Waals surface area contributed by atoms with Gasteiger partial charge >= 0.3 is 6.09 Å². The summed E-state index contributed by atoms with van der Waals surface area (Å²) in [6.07, 6.45) is 0.386. The number of nitrogens with one attached hydrogen (secondary N) is 2. The monoisotopic (exact) mass is 402 g/mol. The number of aryl methyl sites for hydroxylation is 1. The Morgan fingerprint density at radius 2 is 2.14 bits per heavy atom. The largest absolute Gasteiger partial charge is 0.465 e. The molecule has 0 spiro atoms. The molecule has 3 aromatic rings. The minimum Gasteiger partial charge on any atom is -0.465 e. The SMILES string of the molecule is COCC(NC(=O)O)C(=O)Nc1nc(-c2ccc3ccn(C)c(=O)c3c2)cs1. The molecule has 10 heteroatoms. The number of hydrogen-bond donors (Lipinski definition) is 3. The average molecular weight is 402 g/mol. The topological polar surface area (TPSA) is 123 Å². The quantitative estimate of drug-likeness (QED) is 0.579. The van der Waals surface area contributed by atoms with Crippen LogP contribution in [0, 0.1) is 0 Å². The number of aromatic nitrogens is 2. The van der Waals surface area contributed by atoms with Crippen molar-refractivity contribution in [3.05, 3.63) is 46.2 Å². The number of carbonyl (C=O) groups excluding carboxylic acids is 1. The lowest BCUT2D eigenvalue weighted by Gasteiger charge is -2.14. The molecule has 1 atom stereocenters. The van der Waals surface area contributed by atoms with Crippen molar-refractivity contribution in [2.45, 2.75) is 6.04 Å². The molecule has 0 aliphatic carbocycles. The summed E-state index contributed by atoms with van der Waals surface area (Å²) in [5, 5.41) is 17.0. The zero-order valence-electron chi connectivity index (χ0n) is 15.1. The van der Waals surface area contributed by atoms with E-state index < -0.39 is 18.0 Å². The van der Waals surface area contributed by atoms with E-state index in [4.69, 9.17) is 9.84 Å². The van der Waals surface area contributed by atoms with Crippen molar-refractivity contribution in [2.75, 3.05) is 19.0 Å². The highest BCUT2D eigenvalue weighted by Gasteiger charge is 2.21. The Kier molecular flexibility index (Phi) is 5.71. The van der Waals surface area contributed by atoms with Crippen LogP contribution in [0.2, 0.25) is 0 Å². The molecule has 0 bridgehead atoms. The van der Waals surface area contributed by atoms with Crippen LogP contribution < -0.4 is 16.2 Å². The van der Waals surface area contributed by atoms with E-state index in [0.717, 1.165) is 10.9 Å². The molecule has 3 N–H and O–H groups in total. The number of methoxy groups -OCH3 is 1. The zero-order chi connectivity index (χ0) is 20.3. The first-order valence-corrected chi connectivity index (χ1v) is 9.11. The van der Waals surface area contributed by atoms with Crippen LogP contribution in [0.25, 0.3) is 22.0 Å². The van der Waals surface area contributed by atoms with Gasteiger partial charge in [0.25, 0.3) is 11.5 Å². The highest BCUT2D eigenvalue weighted by molar-refractivity contribution is 7.14. The van der Waals surface area contributed by atoms with Crippen LogP contribution in [0.4, 0.5) is 9.93 Å². The molecule has 28 heavy (non-hydrogen) atoms. The molecule has 2 heterocycles. The zero-order valence-corrected chi connectivity index (χ0v) is 15.9. The van der Waals surface area contributed by atoms with Gasteiger partial charge in [-0.2, -0.15) is 0 Å². The molecule has 0 saturated heterocycles. The molecular formula is C18H18N4O5S. The lowest BCUT2D eigenvalue weighted by atomic mass is 10.1. The molecule has 0 aliphatic rings. The van der Waals surface area contributed by atoms with Crippen molar-refractivity contribution < 1.29 is 19.4 Å². The number of benzene rings is 1. The van der Waals surface area contributed by atoms with E-state index in [1.165, 1.54) is 23.0 Å². The second-order valence-electron chi connectivity index (χ2n) is 6.02. The maximum atomic E-state index is 12.3. The van der Waals surface area contributed by atoms with Gasteiger partial charge in [-0.15, -0.1) is 11.3 Å². The van der Waals surface area contributed by atoms with E-state index in [0.29, 0.717) is 16.2 Å². The van der Waals surface area contributed by atoms with Gasteiger partial charge in [-0.25, -0.2) is 9.78 Å². The number of nitrogens with zero attached hydrogens (tertiary/aromatic N) is 2. The summed E-state index contributed by atoms with van der Waals surface area (Å²) in [4.78, 5) is 39.7. The first kappa shape index (κ1) is 19.5.